The summed E-state index contributed by atoms with van der Waals surface area (Å²) in [5, 5.41) is 1.87. The summed E-state index contributed by atoms with van der Waals surface area (Å²) in [4.78, 5) is 18.5. The molecule has 1 aliphatic heterocycles. The lowest BCUT2D eigenvalue weighted by Gasteiger charge is -2.43. The first-order chi connectivity index (χ1) is 15.0. The highest BCUT2D eigenvalue weighted by Gasteiger charge is 2.32. The molecule has 1 heterocycles. The Kier molecular flexibility index (Phi) is 7.02. The van der Waals surface area contributed by atoms with Crippen molar-refractivity contribution in [2.24, 2.45) is 0 Å². The van der Waals surface area contributed by atoms with Gasteiger partial charge in [0.05, 0.1) is 16.8 Å². The second kappa shape index (κ2) is 9.74. The third-order valence-corrected chi connectivity index (χ3v) is 7.01. The lowest BCUT2D eigenvalue weighted by molar-refractivity contribution is 0.0722. The molecule has 0 spiro atoms. The number of hydrogen-bond donors (Lipinski definition) is 0. The van der Waals surface area contributed by atoms with Gasteiger partial charge in [-0.1, -0.05) is 46.9 Å². The lowest BCUT2D eigenvalue weighted by atomic mass is 10.0. The standard InChI is InChI=1S/C24H21Cl3N2OS/c1-31-20-9-4-17(5-10-20)24(30)28-12-13-29(22-11-8-19(26)14-21(22)27)23(15-28)16-2-6-18(25)7-3-16/h2-11,14,23H,12-13,15H2,1H3. The van der Waals surface area contributed by atoms with Crippen LogP contribution in [0.5, 0.6) is 0 Å². The van der Waals surface area contributed by atoms with E-state index in [-0.39, 0.29) is 11.9 Å². The summed E-state index contributed by atoms with van der Waals surface area (Å²) < 4.78 is 0. The largest absolute Gasteiger partial charge is 0.360 e. The zero-order valence-electron chi connectivity index (χ0n) is 16.9. The normalized spacial score (nSPS) is 16.5. The van der Waals surface area contributed by atoms with E-state index >= 15 is 0 Å². The molecule has 3 aromatic rings. The maximum Gasteiger partial charge on any atom is 0.253 e. The quantitative estimate of drug-likeness (QED) is 0.365. The number of piperazine rings is 1. The minimum Gasteiger partial charge on any atom is -0.360 e. The Labute approximate surface area is 201 Å². The molecule has 0 radical (unpaired) electrons. The monoisotopic (exact) mass is 490 g/mol. The molecule has 0 saturated carbocycles. The zero-order valence-corrected chi connectivity index (χ0v) is 20.0. The summed E-state index contributed by atoms with van der Waals surface area (Å²) in [6.45, 7) is 1.80. The third-order valence-electron chi connectivity index (χ3n) is 5.48. The van der Waals surface area contributed by atoms with E-state index in [1.165, 1.54) is 0 Å². The molecular formula is C24H21Cl3N2OS. The fourth-order valence-corrected chi connectivity index (χ4v) is 4.91. The molecule has 160 valence electrons. The number of anilines is 1. The summed E-state index contributed by atoms with van der Waals surface area (Å²) in [5.74, 6) is 0.0356. The van der Waals surface area contributed by atoms with Gasteiger partial charge in [0.2, 0.25) is 0 Å². The van der Waals surface area contributed by atoms with Gasteiger partial charge < -0.3 is 9.80 Å². The summed E-state index contributed by atoms with van der Waals surface area (Å²) in [5.41, 5.74) is 2.68. The number of thioether (sulfide) groups is 1. The summed E-state index contributed by atoms with van der Waals surface area (Å²) in [7, 11) is 0. The molecule has 0 N–H and O–H groups in total. The maximum absolute atomic E-state index is 13.2. The maximum atomic E-state index is 13.2. The predicted octanol–water partition coefficient (Wildman–Crippen LogP) is 7.07. The molecule has 7 heteroatoms. The van der Waals surface area contributed by atoms with E-state index in [4.69, 9.17) is 34.8 Å². The van der Waals surface area contributed by atoms with Crippen LogP contribution in [-0.4, -0.2) is 36.7 Å². The summed E-state index contributed by atoms with van der Waals surface area (Å²) >= 11 is 20.4. The van der Waals surface area contributed by atoms with Gasteiger partial charge in [0, 0.05) is 40.1 Å². The van der Waals surface area contributed by atoms with Crippen molar-refractivity contribution in [3.63, 3.8) is 0 Å². The second-order valence-corrected chi connectivity index (χ2v) is 9.50. The molecule has 1 amide bonds. The average molecular weight is 492 g/mol. The number of rotatable bonds is 4. The van der Waals surface area contributed by atoms with Crippen molar-refractivity contribution < 1.29 is 4.79 Å². The van der Waals surface area contributed by atoms with E-state index in [1.807, 2.05) is 71.8 Å². The van der Waals surface area contributed by atoms with E-state index in [0.717, 1.165) is 16.1 Å². The van der Waals surface area contributed by atoms with Gasteiger partial charge in [-0.2, -0.15) is 0 Å². The topological polar surface area (TPSA) is 23.6 Å². The van der Waals surface area contributed by atoms with Gasteiger partial charge in [0.15, 0.2) is 0 Å². The van der Waals surface area contributed by atoms with E-state index in [1.54, 1.807) is 17.8 Å². The van der Waals surface area contributed by atoms with Crippen LogP contribution in [0.1, 0.15) is 22.0 Å². The molecule has 1 fully saturated rings. The smallest absolute Gasteiger partial charge is 0.253 e. The highest BCUT2D eigenvalue weighted by molar-refractivity contribution is 7.98. The van der Waals surface area contributed by atoms with Gasteiger partial charge in [-0.25, -0.2) is 0 Å². The lowest BCUT2D eigenvalue weighted by Crippen LogP contribution is -2.50. The van der Waals surface area contributed by atoms with E-state index in [2.05, 4.69) is 4.90 Å². The Morgan fingerprint density at radius 2 is 1.58 bits per heavy atom. The van der Waals surface area contributed by atoms with Crippen molar-refractivity contribution in [2.45, 2.75) is 10.9 Å². The van der Waals surface area contributed by atoms with Crippen LogP contribution < -0.4 is 4.90 Å². The zero-order chi connectivity index (χ0) is 22.0. The molecule has 1 aliphatic rings. The van der Waals surface area contributed by atoms with Gasteiger partial charge in [0.25, 0.3) is 5.91 Å². The summed E-state index contributed by atoms with van der Waals surface area (Å²) in [6, 6.07) is 21.0. The van der Waals surface area contributed by atoms with Crippen molar-refractivity contribution in [3.05, 3.63) is 92.9 Å². The number of nitrogens with zero attached hydrogens (tertiary/aromatic N) is 2. The predicted molar refractivity (Wildman–Crippen MR) is 132 cm³/mol. The Morgan fingerprint density at radius 1 is 0.903 bits per heavy atom. The van der Waals surface area contributed by atoms with E-state index in [9.17, 15) is 4.79 Å². The van der Waals surface area contributed by atoms with Crippen molar-refractivity contribution in [3.8, 4) is 0 Å². The molecule has 31 heavy (non-hydrogen) atoms. The summed E-state index contributed by atoms with van der Waals surface area (Å²) in [6.07, 6.45) is 2.02. The Balaban J connectivity index is 1.64. The molecule has 3 aromatic carbocycles. The van der Waals surface area contributed by atoms with Crippen LogP contribution in [0.2, 0.25) is 15.1 Å². The van der Waals surface area contributed by atoms with Crippen LogP contribution >= 0.6 is 46.6 Å². The molecule has 0 bridgehead atoms. The third kappa shape index (κ3) is 4.98. The Morgan fingerprint density at radius 3 is 2.23 bits per heavy atom. The Bertz CT molecular complexity index is 1070. The number of benzene rings is 3. The van der Waals surface area contributed by atoms with Crippen molar-refractivity contribution in [1.29, 1.82) is 0 Å². The number of hydrogen-bond acceptors (Lipinski definition) is 3. The fraction of sp³-hybridized carbons (Fsp3) is 0.208. The van der Waals surface area contributed by atoms with E-state index in [0.29, 0.717) is 40.3 Å². The molecule has 3 nitrogen and oxygen atoms in total. The number of carbonyl (C=O) groups is 1. The van der Waals surface area contributed by atoms with Crippen molar-refractivity contribution in [2.75, 3.05) is 30.8 Å². The molecular weight excluding hydrogens is 471 g/mol. The fourth-order valence-electron chi connectivity index (χ4n) is 3.86. The average Bonchev–Trinajstić information content (AvgIpc) is 2.79. The first kappa shape index (κ1) is 22.3. The van der Waals surface area contributed by atoms with Crippen LogP contribution in [-0.2, 0) is 0 Å². The van der Waals surface area contributed by atoms with Gasteiger partial charge in [-0.15, -0.1) is 11.8 Å². The van der Waals surface area contributed by atoms with Gasteiger partial charge in [0.1, 0.15) is 0 Å². The highest BCUT2D eigenvalue weighted by Crippen LogP contribution is 2.37. The van der Waals surface area contributed by atoms with Crippen LogP contribution in [0.15, 0.2) is 71.6 Å². The number of halogens is 3. The second-order valence-electron chi connectivity index (χ2n) is 7.34. The molecule has 1 unspecified atom stereocenters. The highest BCUT2D eigenvalue weighted by atomic mass is 35.5. The number of amides is 1. The van der Waals surface area contributed by atoms with E-state index < -0.39 is 0 Å². The Hall–Kier alpha value is -1.85. The SMILES string of the molecule is CSc1ccc(C(=O)N2CCN(c3ccc(Cl)cc3Cl)C(c3ccc(Cl)cc3)C2)cc1. The van der Waals surface area contributed by atoms with Gasteiger partial charge in [-0.05, 0) is 66.4 Å². The van der Waals surface area contributed by atoms with Gasteiger partial charge >= 0.3 is 0 Å². The first-order valence-corrected chi connectivity index (χ1v) is 12.2. The van der Waals surface area contributed by atoms with Crippen molar-refractivity contribution >= 4 is 58.2 Å². The molecule has 0 aromatic heterocycles. The molecule has 4 rings (SSSR count). The van der Waals surface area contributed by atoms with Crippen LogP contribution in [0.4, 0.5) is 5.69 Å². The van der Waals surface area contributed by atoms with Crippen LogP contribution in [0.3, 0.4) is 0 Å². The first-order valence-electron chi connectivity index (χ1n) is 9.87. The van der Waals surface area contributed by atoms with Gasteiger partial charge in [-0.3, -0.25) is 4.79 Å². The molecule has 1 saturated heterocycles. The molecule has 1 atom stereocenters. The molecule has 0 aliphatic carbocycles. The minimum absolute atomic E-state index is 0.0356. The minimum atomic E-state index is -0.0564. The van der Waals surface area contributed by atoms with Crippen LogP contribution in [0, 0.1) is 0 Å². The van der Waals surface area contributed by atoms with Crippen molar-refractivity contribution in [1.82, 2.24) is 4.90 Å². The number of carbonyl (C=O) groups excluding carboxylic acids is 1. The van der Waals surface area contributed by atoms with Crippen LogP contribution in [0.25, 0.3) is 0 Å².